The molecule has 3 rings (SSSR count). The summed E-state index contributed by atoms with van der Waals surface area (Å²) in [7, 11) is 2.00. The number of rotatable bonds is 5. The van der Waals surface area contributed by atoms with Crippen LogP contribution in [0.2, 0.25) is 0 Å². The summed E-state index contributed by atoms with van der Waals surface area (Å²) in [5.41, 5.74) is 3.05. The minimum Gasteiger partial charge on any atom is -0.441 e. The van der Waals surface area contributed by atoms with E-state index in [4.69, 9.17) is 4.42 Å². The van der Waals surface area contributed by atoms with Crippen molar-refractivity contribution in [2.24, 2.45) is 0 Å². The van der Waals surface area contributed by atoms with Gasteiger partial charge in [0.25, 0.3) is 0 Å². The molecule has 0 bridgehead atoms. The third-order valence-electron chi connectivity index (χ3n) is 3.46. The summed E-state index contributed by atoms with van der Waals surface area (Å²) < 4.78 is 5.58. The number of oxazole rings is 1. The number of benzene rings is 1. The van der Waals surface area contributed by atoms with Crippen molar-refractivity contribution in [1.82, 2.24) is 15.6 Å². The fraction of sp³-hybridized carbons (Fsp3) is 0.500. The maximum atomic E-state index is 5.58. The summed E-state index contributed by atoms with van der Waals surface area (Å²) in [6, 6.07) is 7.30. The second-order valence-electron chi connectivity index (χ2n) is 4.98. The number of fused-ring (bicyclic) bond motifs is 1. The van der Waals surface area contributed by atoms with Gasteiger partial charge in [0, 0.05) is 25.6 Å². The normalized spacial score (nSPS) is 17.2. The molecule has 1 atom stereocenters. The van der Waals surface area contributed by atoms with Gasteiger partial charge in [-0.2, -0.15) is 0 Å². The highest BCUT2D eigenvalue weighted by atomic mass is 16.3. The van der Waals surface area contributed by atoms with Crippen LogP contribution in [0.1, 0.15) is 30.3 Å². The zero-order valence-electron chi connectivity index (χ0n) is 10.9. The molecule has 2 N–H and O–H groups in total. The molecule has 0 aliphatic heterocycles. The van der Waals surface area contributed by atoms with Gasteiger partial charge in [-0.3, -0.25) is 0 Å². The number of nitrogens with one attached hydrogen (secondary N) is 2. The van der Waals surface area contributed by atoms with Gasteiger partial charge in [0.2, 0.25) is 0 Å². The van der Waals surface area contributed by atoms with Crippen LogP contribution in [0.15, 0.2) is 22.6 Å². The zero-order valence-corrected chi connectivity index (χ0v) is 10.9. The molecule has 1 heterocycles. The Labute approximate surface area is 107 Å². The molecular weight excluding hydrogens is 226 g/mol. The predicted molar refractivity (Wildman–Crippen MR) is 71.6 cm³/mol. The fourth-order valence-electron chi connectivity index (χ4n) is 2.23. The zero-order chi connectivity index (χ0) is 12.5. The molecule has 1 aliphatic rings. The molecule has 1 aromatic carbocycles. The average Bonchev–Trinajstić information content (AvgIpc) is 3.10. The van der Waals surface area contributed by atoms with Crippen LogP contribution in [-0.4, -0.2) is 24.6 Å². The van der Waals surface area contributed by atoms with Crippen molar-refractivity contribution in [3.63, 3.8) is 0 Å². The molecule has 4 heteroatoms. The Bertz CT molecular complexity index is 545. The molecule has 0 spiro atoms. The molecule has 18 heavy (non-hydrogen) atoms. The van der Waals surface area contributed by atoms with Crippen LogP contribution in [0.5, 0.6) is 0 Å². The van der Waals surface area contributed by atoms with Crippen LogP contribution in [-0.2, 0) is 0 Å². The quantitative estimate of drug-likeness (QED) is 0.847. The lowest BCUT2D eigenvalue weighted by atomic mass is 10.1. The highest BCUT2D eigenvalue weighted by Gasteiger charge is 2.22. The van der Waals surface area contributed by atoms with Crippen molar-refractivity contribution in [2.75, 3.05) is 13.6 Å². The van der Waals surface area contributed by atoms with E-state index in [0.29, 0.717) is 6.04 Å². The summed E-state index contributed by atoms with van der Waals surface area (Å²) in [4.78, 5) is 4.32. The van der Waals surface area contributed by atoms with Crippen LogP contribution in [0.4, 0.5) is 0 Å². The van der Waals surface area contributed by atoms with Gasteiger partial charge in [-0.1, -0.05) is 6.07 Å². The molecule has 0 saturated heterocycles. The summed E-state index contributed by atoms with van der Waals surface area (Å²) in [6.07, 6.45) is 2.63. The molecule has 1 aromatic heterocycles. The van der Waals surface area contributed by atoms with Gasteiger partial charge in [0.15, 0.2) is 11.5 Å². The lowest BCUT2D eigenvalue weighted by Gasteiger charge is -2.17. The number of aromatic nitrogens is 1. The molecule has 1 aliphatic carbocycles. The molecule has 2 aromatic rings. The summed E-state index contributed by atoms with van der Waals surface area (Å²) in [6.45, 7) is 2.84. The first-order valence-corrected chi connectivity index (χ1v) is 6.54. The van der Waals surface area contributed by atoms with Crippen LogP contribution in [0.25, 0.3) is 11.1 Å². The third-order valence-corrected chi connectivity index (χ3v) is 3.46. The van der Waals surface area contributed by atoms with Gasteiger partial charge in [-0.15, -0.1) is 0 Å². The molecule has 1 unspecified atom stereocenters. The predicted octanol–water partition coefficient (Wildman–Crippen LogP) is 2.15. The van der Waals surface area contributed by atoms with Crippen molar-refractivity contribution in [1.29, 1.82) is 0 Å². The molecular formula is C14H19N3O. The van der Waals surface area contributed by atoms with Crippen LogP contribution in [0.3, 0.4) is 0 Å². The highest BCUT2D eigenvalue weighted by molar-refractivity contribution is 5.73. The smallest absolute Gasteiger partial charge is 0.192 e. The standard InChI is InChI=1S/C14H19N3O/c1-9-17-12-6-3-10(7-14(12)18-9)13(15-2)8-16-11-4-5-11/h3,6-7,11,13,15-16H,4-5,8H2,1-2H3. The minimum absolute atomic E-state index is 0.320. The first kappa shape index (κ1) is 11.7. The van der Waals surface area contributed by atoms with E-state index in [1.807, 2.05) is 20.0 Å². The SMILES string of the molecule is CNC(CNC1CC1)c1ccc2nc(C)oc2c1. The van der Waals surface area contributed by atoms with E-state index < -0.39 is 0 Å². The summed E-state index contributed by atoms with van der Waals surface area (Å²) in [5.74, 6) is 0.722. The van der Waals surface area contributed by atoms with Crippen LogP contribution < -0.4 is 10.6 Å². The van der Waals surface area contributed by atoms with Gasteiger partial charge in [-0.05, 0) is 37.6 Å². The van der Waals surface area contributed by atoms with Crippen LogP contribution >= 0.6 is 0 Å². The third kappa shape index (κ3) is 2.40. The van der Waals surface area contributed by atoms with E-state index in [9.17, 15) is 0 Å². The number of likely N-dealkylation sites (N-methyl/N-ethyl adjacent to an activating group) is 1. The fourth-order valence-corrected chi connectivity index (χ4v) is 2.23. The first-order chi connectivity index (χ1) is 8.76. The van der Waals surface area contributed by atoms with E-state index in [-0.39, 0.29) is 0 Å². The average molecular weight is 245 g/mol. The first-order valence-electron chi connectivity index (χ1n) is 6.54. The maximum Gasteiger partial charge on any atom is 0.192 e. The van der Waals surface area contributed by atoms with Crippen LogP contribution in [0, 0.1) is 6.92 Å². The van der Waals surface area contributed by atoms with Crippen molar-refractivity contribution in [3.05, 3.63) is 29.7 Å². The van der Waals surface area contributed by atoms with Gasteiger partial charge in [0.05, 0.1) is 0 Å². The number of aryl methyl sites for hydroxylation is 1. The molecule has 0 amide bonds. The maximum absolute atomic E-state index is 5.58. The number of nitrogens with zero attached hydrogens (tertiary/aromatic N) is 1. The Morgan fingerprint density at radius 2 is 2.28 bits per heavy atom. The Morgan fingerprint density at radius 3 is 3.00 bits per heavy atom. The molecule has 4 nitrogen and oxygen atoms in total. The lowest BCUT2D eigenvalue weighted by molar-refractivity contribution is 0.524. The Morgan fingerprint density at radius 1 is 1.44 bits per heavy atom. The van der Waals surface area contributed by atoms with E-state index >= 15 is 0 Å². The van der Waals surface area contributed by atoms with Crippen molar-refractivity contribution < 1.29 is 4.42 Å². The highest BCUT2D eigenvalue weighted by Crippen LogP contribution is 2.23. The van der Waals surface area contributed by atoms with Gasteiger partial charge in [-0.25, -0.2) is 4.98 Å². The Balaban J connectivity index is 1.80. The number of hydrogen-bond acceptors (Lipinski definition) is 4. The molecule has 96 valence electrons. The lowest BCUT2D eigenvalue weighted by Crippen LogP contribution is -2.30. The Kier molecular flexibility index (Phi) is 3.06. The van der Waals surface area contributed by atoms with Crippen molar-refractivity contribution >= 4 is 11.1 Å². The summed E-state index contributed by atoms with van der Waals surface area (Å²) in [5, 5.41) is 6.90. The van der Waals surface area contributed by atoms with E-state index in [1.165, 1.54) is 18.4 Å². The topological polar surface area (TPSA) is 50.1 Å². The van der Waals surface area contributed by atoms with Crippen molar-refractivity contribution in [3.8, 4) is 0 Å². The second-order valence-corrected chi connectivity index (χ2v) is 4.98. The van der Waals surface area contributed by atoms with Gasteiger partial charge in [0.1, 0.15) is 5.52 Å². The summed E-state index contributed by atoms with van der Waals surface area (Å²) >= 11 is 0. The second kappa shape index (κ2) is 4.71. The van der Waals surface area contributed by atoms with E-state index in [1.54, 1.807) is 0 Å². The largest absolute Gasteiger partial charge is 0.441 e. The monoisotopic (exact) mass is 245 g/mol. The molecule has 0 radical (unpaired) electrons. The van der Waals surface area contributed by atoms with Crippen molar-refractivity contribution in [2.45, 2.75) is 31.8 Å². The van der Waals surface area contributed by atoms with Gasteiger partial charge < -0.3 is 15.1 Å². The van der Waals surface area contributed by atoms with Gasteiger partial charge >= 0.3 is 0 Å². The minimum atomic E-state index is 0.320. The Hall–Kier alpha value is -1.39. The number of hydrogen-bond donors (Lipinski definition) is 2. The molecule has 1 saturated carbocycles. The van der Waals surface area contributed by atoms with E-state index in [2.05, 4.69) is 27.8 Å². The van der Waals surface area contributed by atoms with E-state index in [0.717, 1.165) is 29.6 Å². The molecule has 1 fully saturated rings.